The summed E-state index contributed by atoms with van der Waals surface area (Å²) >= 11 is 5.84. The second kappa shape index (κ2) is 5.46. The first-order valence-corrected chi connectivity index (χ1v) is 6.33. The van der Waals surface area contributed by atoms with Gasteiger partial charge in [-0.2, -0.15) is 5.26 Å². The van der Waals surface area contributed by atoms with E-state index in [1.54, 1.807) is 6.07 Å². The van der Waals surface area contributed by atoms with Crippen molar-refractivity contribution >= 4 is 29.2 Å². The number of halogens is 1. The zero-order valence-electron chi connectivity index (χ0n) is 11.3. The Hall–Kier alpha value is -2.52. The lowest BCUT2D eigenvalue weighted by atomic mass is 10.2. The first-order valence-electron chi connectivity index (χ1n) is 5.95. The fourth-order valence-electron chi connectivity index (χ4n) is 1.66. The summed E-state index contributed by atoms with van der Waals surface area (Å²) in [6.07, 6.45) is 1.13. The number of nitrogens with one attached hydrogen (secondary N) is 1. The number of nitrogens with zero attached hydrogens (tertiary/aromatic N) is 1. The summed E-state index contributed by atoms with van der Waals surface area (Å²) in [5, 5.41) is 12.1. The van der Waals surface area contributed by atoms with E-state index in [1.165, 1.54) is 26.0 Å². The third-order valence-corrected chi connectivity index (χ3v) is 2.83. The highest BCUT2D eigenvalue weighted by Crippen LogP contribution is 2.24. The SMILES string of the molecule is CC1(C)OC(=O)C(=CNc2cc(Cl)ccc2C#N)C(=O)O1. The van der Waals surface area contributed by atoms with E-state index < -0.39 is 17.7 Å². The van der Waals surface area contributed by atoms with E-state index in [0.29, 0.717) is 16.3 Å². The normalized spacial score (nSPS) is 16.6. The van der Waals surface area contributed by atoms with Crippen LogP contribution in [0.15, 0.2) is 30.0 Å². The number of ether oxygens (including phenoxy) is 2. The minimum Gasteiger partial charge on any atom is -0.419 e. The summed E-state index contributed by atoms with van der Waals surface area (Å²) in [6.45, 7) is 2.91. The third-order valence-electron chi connectivity index (χ3n) is 2.59. The zero-order chi connectivity index (χ0) is 15.6. The van der Waals surface area contributed by atoms with Gasteiger partial charge in [0.05, 0.1) is 11.3 Å². The molecule has 0 radical (unpaired) electrons. The van der Waals surface area contributed by atoms with Crippen molar-refractivity contribution in [3.63, 3.8) is 0 Å². The molecule has 1 aliphatic heterocycles. The Morgan fingerprint density at radius 3 is 2.48 bits per heavy atom. The number of benzene rings is 1. The predicted molar refractivity (Wildman–Crippen MR) is 74.1 cm³/mol. The van der Waals surface area contributed by atoms with Crippen molar-refractivity contribution in [1.29, 1.82) is 5.26 Å². The van der Waals surface area contributed by atoms with Gasteiger partial charge in [-0.15, -0.1) is 0 Å². The van der Waals surface area contributed by atoms with Gasteiger partial charge in [0.2, 0.25) is 0 Å². The Kier molecular flexibility index (Phi) is 3.87. The molecule has 0 aromatic heterocycles. The van der Waals surface area contributed by atoms with Crippen LogP contribution in [0.1, 0.15) is 19.4 Å². The number of carbonyl (C=O) groups excluding carboxylic acids is 2. The zero-order valence-corrected chi connectivity index (χ0v) is 12.0. The molecule has 1 aliphatic rings. The third kappa shape index (κ3) is 3.33. The molecule has 7 heteroatoms. The number of hydrogen-bond donors (Lipinski definition) is 1. The minimum atomic E-state index is -1.29. The second-order valence-corrected chi connectivity index (χ2v) is 5.12. The Morgan fingerprint density at radius 1 is 1.29 bits per heavy atom. The minimum absolute atomic E-state index is 0.293. The largest absolute Gasteiger partial charge is 0.419 e. The van der Waals surface area contributed by atoms with Crippen LogP contribution in [0.2, 0.25) is 5.02 Å². The molecule has 108 valence electrons. The second-order valence-electron chi connectivity index (χ2n) is 4.68. The van der Waals surface area contributed by atoms with E-state index in [2.05, 4.69) is 5.32 Å². The number of cyclic esters (lactones) is 2. The highest BCUT2D eigenvalue weighted by molar-refractivity contribution is 6.30. The molecule has 0 spiro atoms. The molecule has 0 bridgehead atoms. The summed E-state index contributed by atoms with van der Waals surface area (Å²) in [5.41, 5.74) is 0.384. The summed E-state index contributed by atoms with van der Waals surface area (Å²) in [7, 11) is 0. The summed E-state index contributed by atoms with van der Waals surface area (Å²) in [6, 6.07) is 6.54. The van der Waals surface area contributed by atoms with Gasteiger partial charge < -0.3 is 14.8 Å². The van der Waals surface area contributed by atoms with Crippen molar-refractivity contribution in [1.82, 2.24) is 0 Å². The van der Waals surface area contributed by atoms with Crippen LogP contribution in [0.3, 0.4) is 0 Å². The number of carbonyl (C=O) groups is 2. The van der Waals surface area contributed by atoms with E-state index in [9.17, 15) is 9.59 Å². The molecule has 1 aromatic carbocycles. The van der Waals surface area contributed by atoms with Crippen molar-refractivity contribution < 1.29 is 19.1 Å². The lowest BCUT2D eigenvalue weighted by molar-refractivity contribution is -0.222. The molecule has 1 heterocycles. The molecule has 0 amide bonds. The highest BCUT2D eigenvalue weighted by atomic mass is 35.5. The van der Waals surface area contributed by atoms with E-state index in [4.69, 9.17) is 26.3 Å². The molecular formula is C14H11ClN2O4. The number of esters is 2. The summed E-state index contributed by atoms with van der Waals surface area (Å²) in [4.78, 5) is 23.5. The first-order chi connectivity index (χ1) is 9.82. The average molecular weight is 307 g/mol. The molecule has 0 unspecified atom stereocenters. The van der Waals surface area contributed by atoms with E-state index in [0.717, 1.165) is 6.20 Å². The van der Waals surface area contributed by atoms with Crippen LogP contribution in [-0.4, -0.2) is 17.7 Å². The Morgan fingerprint density at radius 2 is 1.90 bits per heavy atom. The van der Waals surface area contributed by atoms with Gasteiger partial charge in [-0.3, -0.25) is 0 Å². The monoisotopic (exact) mass is 306 g/mol. The van der Waals surface area contributed by atoms with Crippen LogP contribution in [0.25, 0.3) is 0 Å². The lowest BCUT2D eigenvalue weighted by Crippen LogP contribution is -2.42. The summed E-state index contributed by atoms with van der Waals surface area (Å²) < 4.78 is 9.89. The first kappa shape index (κ1) is 14.9. The molecule has 6 nitrogen and oxygen atoms in total. The molecule has 0 saturated carbocycles. The van der Waals surface area contributed by atoms with E-state index in [-0.39, 0.29) is 5.57 Å². The smallest absolute Gasteiger partial charge is 0.350 e. The topological polar surface area (TPSA) is 88.4 Å². The Labute approximate surface area is 125 Å². The number of nitriles is 1. The van der Waals surface area contributed by atoms with Gasteiger partial charge in [0, 0.05) is 25.1 Å². The maximum atomic E-state index is 11.7. The number of anilines is 1. The van der Waals surface area contributed by atoms with Crippen molar-refractivity contribution in [2.24, 2.45) is 0 Å². The van der Waals surface area contributed by atoms with E-state index >= 15 is 0 Å². The highest BCUT2D eigenvalue weighted by Gasteiger charge is 2.38. The Balaban J connectivity index is 2.26. The molecule has 2 rings (SSSR count). The van der Waals surface area contributed by atoms with Crippen molar-refractivity contribution in [3.8, 4) is 6.07 Å². The van der Waals surface area contributed by atoms with Crippen LogP contribution in [-0.2, 0) is 19.1 Å². The molecule has 21 heavy (non-hydrogen) atoms. The maximum Gasteiger partial charge on any atom is 0.350 e. The molecule has 0 atom stereocenters. The predicted octanol–water partition coefficient (Wildman–Crippen LogP) is 2.34. The lowest BCUT2D eigenvalue weighted by Gasteiger charge is -2.29. The van der Waals surface area contributed by atoms with Crippen molar-refractivity contribution in [3.05, 3.63) is 40.6 Å². The van der Waals surface area contributed by atoms with Crippen LogP contribution in [0.5, 0.6) is 0 Å². The quantitative estimate of drug-likeness (QED) is 0.512. The van der Waals surface area contributed by atoms with Crippen molar-refractivity contribution in [2.75, 3.05) is 5.32 Å². The van der Waals surface area contributed by atoms with Gasteiger partial charge in [-0.1, -0.05) is 11.6 Å². The van der Waals surface area contributed by atoms with E-state index in [1.807, 2.05) is 6.07 Å². The van der Waals surface area contributed by atoms with Gasteiger partial charge in [0.15, 0.2) is 5.57 Å². The molecule has 0 aliphatic carbocycles. The maximum absolute atomic E-state index is 11.7. The molecular weight excluding hydrogens is 296 g/mol. The molecule has 1 aromatic rings. The van der Waals surface area contributed by atoms with Crippen LogP contribution >= 0.6 is 11.6 Å². The van der Waals surface area contributed by atoms with Crippen LogP contribution in [0, 0.1) is 11.3 Å². The van der Waals surface area contributed by atoms with Gasteiger partial charge in [0.25, 0.3) is 5.79 Å². The molecule has 1 saturated heterocycles. The molecule has 1 fully saturated rings. The van der Waals surface area contributed by atoms with Crippen LogP contribution in [0.4, 0.5) is 5.69 Å². The van der Waals surface area contributed by atoms with Crippen molar-refractivity contribution in [2.45, 2.75) is 19.6 Å². The average Bonchev–Trinajstić information content (AvgIpc) is 2.36. The van der Waals surface area contributed by atoms with Gasteiger partial charge in [0.1, 0.15) is 6.07 Å². The number of rotatable bonds is 2. The van der Waals surface area contributed by atoms with Gasteiger partial charge >= 0.3 is 11.9 Å². The standard InChI is InChI=1S/C14H11ClN2O4/c1-14(2)20-12(18)10(13(19)21-14)7-17-11-5-9(15)4-3-8(11)6-16/h3-5,7,17H,1-2H3. The summed E-state index contributed by atoms with van der Waals surface area (Å²) in [5.74, 6) is -2.90. The molecule has 1 N–H and O–H groups in total. The van der Waals surface area contributed by atoms with Gasteiger partial charge in [-0.25, -0.2) is 9.59 Å². The fraction of sp³-hybridized carbons (Fsp3) is 0.214. The number of hydrogen-bond acceptors (Lipinski definition) is 6. The fourth-order valence-corrected chi connectivity index (χ4v) is 1.83. The van der Waals surface area contributed by atoms with Gasteiger partial charge in [-0.05, 0) is 18.2 Å². The van der Waals surface area contributed by atoms with Crippen LogP contribution < -0.4 is 5.32 Å². The Bertz CT molecular complexity index is 667.